The van der Waals surface area contributed by atoms with Crippen LogP contribution < -0.4 is 0 Å². The van der Waals surface area contributed by atoms with Crippen molar-refractivity contribution < 1.29 is 4.79 Å². The number of hydrogen-bond acceptors (Lipinski definition) is 5. The van der Waals surface area contributed by atoms with Crippen molar-refractivity contribution in [3.8, 4) is 0 Å². The Morgan fingerprint density at radius 1 is 1.10 bits per heavy atom. The van der Waals surface area contributed by atoms with E-state index in [9.17, 15) is 4.79 Å². The molecule has 1 amide bonds. The minimum Gasteiger partial charge on any atom is -0.342 e. The Morgan fingerprint density at radius 2 is 1.83 bits per heavy atom. The van der Waals surface area contributed by atoms with E-state index < -0.39 is 0 Å². The quantitative estimate of drug-likeness (QED) is 0.666. The van der Waals surface area contributed by atoms with E-state index >= 15 is 0 Å². The molecule has 1 aliphatic heterocycles. The van der Waals surface area contributed by atoms with Crippen molar-refractivity contribution in [2.24, 2.45) is 5.92 Å². The van der Waals surface area contributed by atoms with Gasteiger partial charge >= 0.3 is 0 Å². The Bertz CT molecular complexity index is 782. The molecule has 156 valence electrons. The molecule has 0 spiro atoms. The number of carbonyl (C=O) groups excluding carboxylic acids is 1. The van der Waals surface area contributed by atoms with E-state index in [1.54, 1.807) is 0 Å². The molecule has 1 aromatic heterocycles. The second-order valence-electron chi connectivity index (χ2n) is 8.42. The van der Waals surface area contributed by atoms with Crippen molar-refractivity contribution in [1.29, 1.82) is 0 Å². The third kappa shape index (κ3) is 5.18. The van der Waals surface area contributed by atoms with E-state index in [0.29, 0.717) is 12.0 Å². The number of carbonyl (C=O) groups is 1. The predicted molar refractivity (Wildman–Crippen MR) is 115 cm³/mol. The lowest BCUT2D eigenvalue weighted by molar-refractivity contribution is -0.131. The topological polar surface area (TPSA) is 63.9 Å². The largest absolute Gasteiger partial charge is 0.342 e. The van der Waals surface area contributed by atoms with Gasteiger partial charge in [0.05, 0.1) is 11.3 Å². The summed E-state index contributed by atoms with van der Waals surface area (Å²) in [6.45, 7) is 3.70. The maximum absolute atomic E-state index is 13.0. The van der Waals surface area contributed by atoms with Crippen LogP contribution in [-0.2, 0) is 11.2 Å². The van der Waals surface area contributed by atoms with Crippen molar-refractivity contribution in [1.82, 2.24) is 25.1 Å². The van der Waals surface area contributed by atoms with Gasteiger partial charge in [0.25, 0.3) is 0 Å². The van der Waals surface area contributed by atoms with Gasteiger partial charge in [-0.2, -0.15) is 0 Å². The third-order valence-corrected chi connectivity index (χ3v) is 7.34. The molecular weight excluding hydrogens is 382 g/mol. The molecular formula is C22H31N5OS. The molecule has 2 heterocycles. The Balaban J connectivity index is 1.29. The van der Waals surface area contributed by atoms with Crippen LogP contribution in [0.15, 0.2) is 35.5 Å². The fraction of sp³-hybridized carbons (Fsp3) is 0.636. The van der Waals surface area contributed by atoms with Crippen LogP contribution in [-0.4, -0.2) is 49.4 Å². The molecule has 1 saturated heterocycles. The molecule has 1 saturated carbocycles. The van der Waals surface area contributed by atoms with Gasteiger partial charge in [0.2, 0.25) is 11.1 Å². The van der Waals surface area contributed by atoms with Gasteiger partial charge in [-0.15, -0.1) is 5.10 Å². The summed E-state index contributed by atoms with van der Waals surface area (Å²) >= 11 is 1.51. The highest BCUT2D eigenvalue weighted by atomic mass is 32.2. The summed E-state index contributed by atoms with van der Waals surface area (Å²) in [4.78, 5) is 15.0. The van der Waals surface area contributed by atoms with Crippen LogP contribution >= 0.6 is 11.8 Å². The Kier molecular flexibility index (Phi) is 6.85. The standard InChI is InChI=1S/C22H31N5OS/c1-17(29-22-23-24-25-27(22)20-10-6-3-7-11-20)21(28)26-14-12-19(13-15-26)16-18-8-4-2-5-9-18/h2,4-5,8-9,17,19-20H,3,6-7,10-16H2,1H3. The van der Waals surface area contributed by atoms with Gasteiger partial charge in [0.15, 0.2) is 0 Å². The maximum atomic E-state index is 13.0. The second-order valence-corrected chi connectivity index (χ2v) is 9.72. The van der Waals surface area contributed by atoms with Gasteiger partial charge in [0, 0.05) is 13.1 Å². The van der Waals surface area contributed by atoms with Gasteiger partial charge in [-0.1, -0.05) is 61.4 Å². The molecule has 7 heteroatoms. The fourth-order valence-electron chi connectivity index (χ4n) is 4.59. The molecule has 2 aliphatic rings. The van der Waals surface area contributed by atoms with E-state index in [4.69, 9.17) is 0 Å². The summed E-state index contributed by atoms with van der Waals surface area (Å²) < 4.78 is 1.96. The monoisotopic (exact) mass is 413 g/mol. The number of benzene rings is 1. The number of nitrogens with zero attached hydrogens (tertiary/aromatic N) is 5. The molecule has 0 radical (unpaired) electrons. The number of thioether (sulfide) groups is 1. The Hall–Kier alpha value is -1.89. The van der Waals surface area contributed by atoms with E-state index in [1.165, 1.54) is 36.6 Å². The van der Waals surface area contributed by atoms with E-state index in [0.717, 1.165) is 50.4 Å². The number of likely N-dealkylation sites (tertiary alicyclic amines) is 1. The van der Waals surface area contributed by atoms with Gasteiger partial charge in [0.1, 0.15) is 0 Å². The van der Waals surface area contributed by atoms with E-state index in [-0.39, 0.29) is 11.2 Å². The zero-order chi connectivity index (χ0) is 20.1. The first-order chi connectivity index (χ1) is 14.2. The first kappa shape index (κ1) is 20.4. The molecule has 1 aliphatic carbocycles. The highest BCUT2D eigenvalue weighted by molar-refractivity contribution is 8.00. The molecule has 29 heavy (non-hydrogen) atoms. The van der Waals surface area contributed by atoms with Crippen LogP contribution in [0.25, 0.3) is 0 Å². The molecule has 1 aromatic carbocycles. The first-order valence-corrected chi connectivity index (χ1v) is 11.9. The van der Waals surface area contributed by atoms with Crippen LogP contribution in [0.4, 0.5) is 0 Å². The summed E-state index contributed by atoms with van der Waals surface area (Å²) in [7, 11) is 0. The smallest absolute Gasteiger partial charge is 0.235 e. The van der Waals surface area contributed by atoms with Crippen molar-refractivity contribution in [3.05, 3.63) is 35.9 Å². The molecule has 0 N–H and O–H groups in total. The summed E-state index contributed by atoms with van der Waals surface area (Å²) in [5.74, 6) is 0.884. The fourth-order valence-corrected chi connectivity index (χ4v) is 5.53. The van der Waals surface area contributed by atoms with Crippen molar-refractivity contribution >= 4 is 17.7 Å². The number of amides is 1. The molecule has 4 rings (SSSR count). The average molecular weight is 414 g/mol. The lowest BCUT2D eigenvalue weighted by Gasteiger charge is -2.33. The minimum atomic E-state index is -0.158. The zero-order valence-corrected chi connectivity index (χ0v) is 18.1. The first-order valence-electron chi connectivity index (χ1n) is 11.0. The summed E-state index contributed by atoms with van der Waals surface area (Å²) in [5, 5.41) is 13.0. The number of aromatic nitrogens is 4. The number of rotatable bonds is 6. The maximum Gasteiger partial charge on any atom is 0.235 e. The summed E-state index contributed by atoms with van der Waals surface area (Å²) in [6, 6.07) is 11.1. The van der Waals surface area contributed by atoms with Gasteiger partial charge in [-0.25, -0.2) is 4.68 Å². The van der Waals surface area contributed by atoms with E-state index in [1.807, 2.05) is 16.5 Å². The number of hydrogen-bond donors (Lipinski definition) is 0. The number of tetrazole rings is 1. The number of piperidine rings is 1. The van der Waals surface area contributed by atoms with Gasteiger partial charge < -0.3 is 4.90 Å². The molecule has 6 nitrogen and oxygen atoms in total. The summed E-state index contributed by atoms with van der Waals surface area (Å²) in [5.41, 5.74) is 1.40. The van der Waals surface area contributed by atoms with Crippen LogP contribution in [0.1, 0.15) is 63.5 Å². The van der Waals surface area contributed by atoms with Crippen LogP contribution in [0.3, 0.4) is 0 Å². The minimum absolute atomic E-state index is 0.158. The molecule has 2 aromatic rings. The van der Waals surface area contributed by atoms with Gasteiger partial charge in [-0.3, -0.25) is 4.79 Å². The Labute approximate surface area is 177 Å². The molecule has 0 bridgehead atoms. The van der Waals surface area contributed by atoms with E-state index in [2.05, 4.69) is 45.9 Å². The highest BCUT2D eigenvalue weighted by Crippen LogP contribution is 2.32. The average Bonchev–Trinajstić information content (AvgIpc) is 3.23. The zero-order valence-electron chi connectivity index (χ0n) is 17.2. The third-order valence-electron chi connectivity index (χ3n) is 6.31. The normalized spacial score (nSPS) is 20.0. The van der Waals surface area contributed by atoms with Crippen molar-refractivity contribution in [2.45, 2.75) is 74.7 Å². The summed E-state index contributed by atoms with van der Waals surface area (Å²) in [6.07, 6.45) is 9.32. The van der Waals surface area contributed by atoms with Gasteiger partial charge in [-0.05, 0) is 60.9 Å². The predicted octanol–water partition coefficient (Wildman–Crippen LogP) is 4.14. The lowest BCUT2D eigenvalue weighted by Crippen LogP contribution is -2.42. The van der Waals surface area contributed by atoms with Crippen molar-refractivity contribution in [3.63, 3.8) is 0 Å². The second kappa shape index (κ2) is 9.74. The lowest BCUT2D eigenvalue weighted by atomic mass is 9.90. The van der Waals surface area contributed by atoms with Crippen LogP contribution in [0, 0.1) is 5.92 Å². The van der Waals surface area contributed by atoms with Crippen LogP contribution in [0.5, 0.6) is 0 Å². The van der Waals surface area contributed by atoms with Crippen LogP contribution in [0.2, 0.25) is 0 Å². The molecule has 2 fully saturated rings. The SMILES string of the molecule is CC(Sc1nnnn1C1CCCCC1)C(=O)N1CCC(Cc2ccccc2)CC1. The van der Waals surface area contributed by atoms with Crippen molar-refractivity contribution in [2.75, 3.05) is 13.1 Å². The highest BCUT2D eigenvalue weighted by Gasteiger charge is 2.29. The Morgan fingerprint density at radius 3 is 2.55 bits per heavy atom. The molecule has 1 atom stereocenters. The molecule has 1 unspecified atom stereocenters.